The van der Waals surface area contributed by atoms with Crippen LogP contribution in [0, 0.1) is 0 Å². The fourth-order valence-electron chi connectivity index (χ4n) is 0.370. The monoisotopic (exact) mass is 134 g/mol. The van der Waals surface area contributed by atoms with Crippen LogP contribution in [0.4, 0.5) is 0 Å². The fraction of sp³-hybridized carbons (Fsp3) is 1.00. The predicted octanol–water partition coefficient (Wildman–Crippen LogP) is -1.15. The van der Waals surface area contributed by atoms with Gasteiger partial charge in [-0.2, -0.15) is 0 Å². The molecule has 0 aromatic heterocycles. The van der Waals surface area contributed by atoms with E-state index >= 15 is 0 Å². The SMILES string of the molecule is CO[C@@H](C)NCC(N)O. The van der Waals surface area contributed by atoms with Crippen LogP contribution in [-0.4, -0.2) is 31.2 Å². The minimum atomic E-state index is -0.803. The second kappa shape index (κ2) is 4.69. The number of aliphatic hydroxyl groups is 1. The van der Waals surface area contributed by atoms with Gasteiger partial charge in [0.15, 0.2) is 0 Å². The molecule has 1 unspecified atom stereocenters. The summed E-state index contributed by atoms with van der Waals surface area (Å²) in [7, 11) is 1.58. The van der Waals surface area contributed by atoms with Gasteiger partial charge in [0.2, 0.25) is 0 Å². The molecular formula is C5H14N2O2. The second-order valence-corrected chi connectivity index (χ2v) is 1.85. The number of rotatable bonds is 4. The summed E-state index contributed by atoms with van der Waals surface area (Å²) in [5.74, 6) is 0. The third-order valence-electron chi connectivity index (χ3n) is 0.968. The van der Waals surface area contributed by atoms with Crippen molar-refractivity contribution in [2.24, 2.45) is 5.73 Å². The first-order chi connectivity index (χ1) is 4.16. The molecule has 56 valence electrons. The van der Waals surface area contributed by atoms with Gasteiger partial charge in [-0.1, -0.05) is 0 Å². The fourth-order valence-corrected chi connectivity index (χ4v) is 0.370. The summed E-state index contributed by atoms with van der Waals surface area (Å²) in [6.07, 6.45) is -0.856. The van der Waals surface area contributed by atoms with Crippen molar-refractivity contribution >= 4 is 0 Å². The topological polar surface area (TPSA) is 67.5 Å². The van der Waals surface area contributed by atoms with E-state index < -0.39 is 6.23 Å². The van der Waals surface area contributed by atoms with Gasteiger partial charge in [0, 0.05) is 13.7 Å². The number of nitrogens with one attached hydrogen (secondary N) is 1. The molecule has 0 radical (unpaired) electrons. The van der Waals surface area contributed by atoms with Crippen molar-refractivity contribution in [2.75, 3.05) is 13.7 Å². The van der Waals surface area contributed by atoms with E-state index in [0.29, 0.717) is 6.54 Å². The van der Waals surface area contributed by atoms with Gasteiger partial charge in [0.25, 0.3) is 0 Å². The summed E-state index contributed by atoms with van der Waals surface area (Å²) in [6.45, 7) is 2.19. The van der Waals surface area contributed by atoms with Crippen LogP contribution in [0.2, 0.25) is 0 Å². The first-order valence-electron chi connectivity index (χ1n) is 2.86. The molecule has 9 heavy (non-hydrogen) atoms. The van der Waals surface area contributed by atoms with Crippen LogP contribution in [0.3, 0.4) is 0 Å². The Hall–Kier alpha value is -0.160. The highest BCUT2D eigenvalue weighted by Gasteiger charge is 1.98. The highest BCUT2D eigenvalue weighted by atomic mass is 16.5. The van der Waals surface area contributed by atoms with Crippen molar-refractivity contribution in [2.45, 2.75) is 19.4 Å². The Morgan fingerprint density at radius 3 is 2.67 bits per heavy atom. The Balaban J connectivity index is 3.06. The predicted molar refractivity (Wildman–Crippen MR) is 34.7 cm³/mol. The van der Waals surface area contributed by atoms with E-state index in [4.69, 9.17) is 15.6 Å². The maximum absolute atomic E-state index is 8.56. The van der Waals surface area contributed by atoms with Gasteiger partial charge in [-0.25, -0.2) is 0 Å². The summed E-state index contributed by atoms with van der Waals surface area (Å²) in [4.78, 5) is 0. The lowest BCUT2D eigenvalue weighted by atomic mass is 10.5. The Labute approximate surface area is 55.0 Å². The summed E-state index contributed by atoms with van der Waals surface area (Å²) in [5, 5.41) is 11.4. The molecule has 0 aliphatic carbocycles. The van der Waals surface area contributed by atoms with Gasteiger partial charge in [-0.05, 0) is 6.92 Å². The molecular weight excluding hydrogens is 120 g/mol. The minimum Gasteiger partial charge on any atom is -0.377 e. The lowest BCUT2D eigenvalue weighted by Crippen LogP contribution is -2.38. The van der Waals surface area contributed by atoms with E-state index in [-0.39, 0.29) is 6.23 Å². The van der Waals surface area contributed by atoms with Crippen LogP contribution in [0.15, 0.2) is 0 Å². The van der Waals surface area contributed by atoms with E-state index in [1.807, 2.05) is 6.92 Å². The van der Waals surface area contributed by atoms with Crippen LogP contribution < -0.4 is 11.1 Å². The highest BCUT2D eigenvalue weighted by Crippen LogP contribution is 1.78. The van der Waals surface area contributed by atoms with Gasteiger partial charge in [-0.15, -0.1) is 0 Å². The Morgan fingerprint density at radius 1 is 1.78 bits per heavy atom. The van der Waals surface area contributed by atoms with Gasteiger partial charge in [0.1, 0.15) is 12.5 Å². The maximum Gasteiger partial charge on any atom is 0.115 e. The third-order valence-corrected chi connectivity index (χ3v) is 0.968. The molecule has 4 nitrogen and oxygen atoms in total. The van der Waals surface area contributed by atoms with Crippen molar-refractivity contribution < 1.29 is 9.84 Å². The van der Waals surface area contributed by atoms with Crippen LogP contribution in [0.5, 0.6) is 0 Å². The maximum atomic E-state index is 8.56. The van der Waals surface area contributed by atoms with E-state index in [9.17, 15) is 0 Å². The average molecular weight is 134 g/mol. The lowest BCUT2D eigenvalue weighted by molar-refractivity contribution is 0.0718. The van der Waals surface area contributed by atoms with Crippen molar-refractivity contribution in [3.05, 3.63) is 0 Å². The Bertz CT molecular complexity index is 68.0. The summed E-state index contributed by atoms with van der Waals surface area (Å²) >= 11 is 0. The first kappa shape index (κ1) is 8.84. The molecule has 0 fully saturated rings. The van der Waals surface area contributed by atoms with Crippen LogP contribution in [0.1, 0.15) is 6.92 Å². The molecule has 0 saturated carbocycles. The van der Waals surface area contributed by atoms with Crippen LogP contribution in [-0.2, 0) is 4.74 Å². The molecule has 0 aromatic carbocycles. The van der Waals surface area contributed by atoms with Crippen molar-refractivity contribution in [3.63, 3.8) is 0 Å². The van der Waals surface area contributed by atoms with Crippen LogP contribution >= 0.6 is 0 Å². The van der Waals surface area contributed by atoms with Gasteiger partial charge in [0.05, 0.1) is 0 Å². The number of nitrogens with two attached hydrogens (primary N) is 1. The first-order valence-corrected chi connectivity index (χ1v) is 2.86. The highest BCUT2D eigenvalue weighted by molar-refractivity contribution is 4.51. The van der Waals surface area contributed by atoms with Crippen molar-refractivity contribution in [1.82, 2.24) is 5.32 Å². The molecule has 0 bridgehead atoms. The van der Waals surface area contributed by atoms with Gasteiger partial charge < -0.3 is 15.6 Å². The Kier molecular flexibility index (Phi) is 4.61. The molecule has 4 heteroatoms. The van der Waals surface area contributed by atoms with Gasteiger partial charge >= 0.3 is 0 Å². The van der Waals surface area contributed by atoms with E-state index in [1.54, 1.807) is 7.11 Å². The van der Waals surface area contributed by atoms with E-state index in [0.717, 1.165) is 0 Å². The normalized spacial score (nSPS) is 17.3. The number of methoxy groups -OCH3 is 1. The summed E-state index contributed by atoms with van der Waals surface area (Å²) in [5.41, 5.74) is 5.03. The molecule has 0 aliphatic rings. The second-order valence-electron chi connectivity index (χ2n) is 1.85. The van der Waals surface area contributed by atoms with E-state index in [1.165, 1.54) is 0 Å². The van der Waals surface area contributed by atoms with Crippen LogP contribution in [0.25, 0.3) is 0 Å². The van der Waals surface area contributed by atoms with Gasteiger partial charge in [-0.3, -0.25) is 5.32 Å². The molecule has 0 rings (SSSR count). The Morgan fingerprint density at radius 2 is 2.33 bits per heavy atom. The number of aliphatic hydroxyl groups excluding tert-OH is 1. The molecule has 0 aromatic rings. The van der Waals surface area contributed by atoms with Crippen molar-refractivity contribution in [3.8, 4) is 0 Å². The number of ether oxygens (including phenoxy) is 1. The smallest absolute Gasteiger partial charge is 0.115 e. The molecule has 2 atom stereocenters. The quantitative estimate of drug-likeness (QED) is 0.424. The zero-order chi connectivity index (χ0) is 7.28. The summed E-state index contributed by atoms with van der Waals surface area (Å²) < 4.78 is 4.82. The molecule has 0 aliphatic heterocycles. The summed E-state index contributed by atoms with van der Waals surface area (Å²) in [6, 6.07) is 0. The molecule has 0 heterocycles. The molecule has 4 N–H and O–H groups in total. The zero-order valence-electron chi connectivity index (χ0n) is 5.79. The van der Waals surface area contributed by atoms with E-state index in [2.05, 4.69) is 5.32 Å². The molecule has 0 saturated heterocycles. The minimum absolute atomic E-state index is 0.0526. The molecule has 0 amide bonds. The largest absolute Gasteiger partial charge is 0.377 e. The lowest BCUT2D eigenvalue weighted by Gasteiger charge is -2.12. The molecule has 0 spiro atoms. The number of hydrogen-bond donors (Lipinski definition) is 3. The zero-order valence-corrected chi connectivity index (χ0v) is 5.79. The number of hydrogen-bond acceptors (Lipinski definition) is 4. The third kappa shape index (κ3) is 5.72. The average Bonchev–Trinajstić information content (AvgIpc) is 1.83. The van der Waals surface area contributed by atoms with Crippen molar-refractivity contribution in [1.29, 1.82) is 0 Å². The standard InChI is InChI=1S/C5H14N2O2/c1-4(9-2)7-3-5(6)8/h4-5,7-8H,3,6H2,1-2H3/t4-,5?/m0/s1.